The Kier molecular flexibility index (Phi) is 3.51. The molecule has 0 atom stereocenters. The maximum atomic E-state index is 13.5. The maximum absolute atomic E-state index is 13.5. The Hall–Kier alpha value is -1.00. The average molecular weight is 258 g/mol. The van der Waals surface area contributed by atoms with Gasteiger partial charge in [0.15, 0.2) is 0 Å². The molecule has 16 heavy (non-hydrogen) atoms. The Balaban J connectivity index is 2.17. The largest absolute Gasteiger partial charge is 0.313 e. The van der Waals surface area contributed by atoms with Crippen LogP contribution in [-0.2, 0) is 11.3 Å². The van der Waals surface area contributed by atoms with E-state index in [0.29, 0.717) is 16.3 Å². The predicted molar refractivity (Wildman–Crippen MR) is 63.6 cm³/mol. The highest BCUT2D eigenvalue weighted by Crippen LogP contribution is 2.19. The summed E-state index contributed by atoms with van der Waals surface area (Å²) in [5, 5.41) is 2.19. The number of rotatable bonds is 2. The monoisotopic (exact) mass is 257 g/mol. The van der Waals surface area contributed by atoms with Gasteiger partial charge in [-0.05, 0) is 17.5 Å². The normalized spacial score (nSPS) is 15.6. The van der Waals surface area contributed by atoms with Gasteiger partial charge in [0, 0.05) is 16.8 Å². The lowest BCUT2D eigenvalue weighted by atomic mass is 10.2. The van der Waals surface area contributed by atoms with Gasteiger partial charge in [-0.1, -0.05) is 17.7 Å². The molecule has 0 radical (unpaired) electrons. The first-order valence-electron chi connectivity index (χ1n) is 4.68. The lowest BCUT2D eigenvalue weighted by molar-refractivity contribution is -0.126. The van der Waals surface area contributed by atoms with E-state index in [-0.39, 0.29) is 18.3 Å². The lowest BCUT2D eigenvalue weighted by Gasteiger charge is -2.21. The second-order valence-corrected chi connectivity index (χ2v) is 4.68. The van der Waals surface area contributed by atoms with Crippen LogP contribution in [0.3, 0.4) is 0 Å². The fourth-order valence-corrected chi connectivity index (χ4v) is 2.17. The van der Waals surface area contributed by atoms with Crippen LogP contribution in [-0.4, -0.2) is 16.6 Å². The molecule has 1 aliphatic heterocycles. The van der Waals surface area contributed by atoms with Gasteiger partial charge in [-0.15, -0.1) is 11.8 Å². The third kappa shape index (κ3) is 2.57. The summed E-state index contributed by atoms with van der Waals surface area (Å²) in [6, 6.07) is 4.47. The number of halogens is 2. The number of thioether (sulfide) groups is 1. The zero-order chi connectivity index (χ0) is 11.5. The second-order valence-electron chi connectivity index (χ2n) is 3.35. The van der Waals surface area contributed by atoms with Gasteiger partial charge in [0.1, 0.15) is 5.82 Å². The van der Waals surface area contributed by atoms with Gasteiger partial charge in [0.25, 0.3) is 0 Å². The quantitative estimate of drug-likeness (QED) is 0.812. The maximum Gasteiger partial charge on any atom is 0.237 e. The van der Waals surface area contributed by atoms with Gasteiger partial charge in [-0.2, -0.15) is 0 Å². The number of nitrogens with zero attached hydrogens (tertiary/aromatic N) is 1. The van der Waals surface area contributed by atoms with Crippen LogP contribution in [0.4, 0.5) is 4.39 Å². The summed E-state index contributed by atoms with van der Waals surface area (Å²) in [5.41, 5.74) is 0.467. The summed E-state index contributed by atoms with van der Waals surface area (Å²) in [6.45, 7) is 0.249. The Bertz CT molecular complexity index is 450. The first-order chi connectivity index (χ1) is 7.66. The highest BCUT2D eigenvalue weighted by molar-refractivity contribution is 8.02. The third-order valence-corrected chi connectivity index (χ3v) is 3.18. The van der Waals surface area contributed by atoms with Crippen LogP contribution in [0.1, 0.15) is 5.56 Å². The minimum atomic E-state index is -0.382. The van der Waals surface area contributed by atoms with Crippen molar-refractivity contribution in [3.63, 3.8) is 0 Å². The molecule has 0 aromatic heterocycles. The summed E-state index contributed by atoms with van der Waals surface area (Å²) >= 11 is 7.09. The summed E-state index contributed by atoms with van der Waals surface area (Å²) in [7, 11) is 0. The molecular formula is C11H9ClFNOS. The van der Waals surface area contributed by atoms with Gasteiger partial charge in [-0.3, -0.25) is 4.79 Å². The van der Waals surface area contributed by atoms with Crippen molar-refractivity contribution in [2.45, 2.75) is 6.54 Å². The Labute approximate surface area is 102 Å². The Morgan fingerprint density at radius 3 is 3.00 bits per heavy atom. The molecule has 2 nitrogen and oxygen atoms in total. The van der Waals surface area contributed by atoms with Crippen molar-refractivity contribution >= 4 is 29.3 Å². The van der Waals surface area contributed by atoms with Crippen LogP contribution >= 0.6 is 23.4 Å². The summed E-state index contributed by atoms with van der Waals surface area (Å²) in [5.74, 6) is 0.0138. The smallest absolute Gasteiger partial charge is 0.237 e. The van der Waals surface area contributed by atoms with Crippen LogP contribution in [0.2, 0.25) is 5.02 Å². The highest BCUT2D eigenvalue weighted by Gasteiger charge is 2.16. The van der Waals surface area contributed by atoms with E-state index in [1.54, 1.807) is 18.3 Å². The number of hydrogen-bond acceptors (Lipinski definition) is 2. The molecule has 0 bridgehead atoms. The first-order valence-corrected chi connectivity index (χ1v) is 6.11. The van der Waals surface area contributed by atoms with Crippen molar-refractivity contribution in [2.75, 3.05) is 5.75 Å². The fourth-order valence-electron chi connectivity index (χ4n) is 1.38. The van der Waals surface area contributed by atoms with Crippen LogP contribution in [0, 0.1) is 5.82 Å². The zero-order valence-electron chi connectivity index (χ0n) is 8.32. The van der Waals surface area contributed by atoms with E-state index in [9.17, 15) is 9.18 Å². The minimum Gasteiger partial charge on any atom is -0.313 e. The summed E-state index contributed by atoms with van der Waals surface area (Å²) in [6.07, 6.45) is 1.67. The van der Waals surface area contributed by atoms with Gasteiger partial charge >= 0.3 is 0 Å². The van der Waals surface area contributed by atoms with Gasteiger partial charge < -0.3 is 4.90 Å². The summed E-state index contributed by atoms with van der Waals surface area (Å²) in [4.78, 5) is 13.0. The molecule has 1 aromatic rings. The molecule has 5 heteroatoms. The number of hydrogen-bond donors (Lipinski definition) is 0. The van der Waals surface area contributed by atoms with Crippen molar-refractivity contribution in [1.82, 2.24) is 4.90 Å². The van der Waals surface area contributed by atoms with E-state index in [1.165, 1.54) is 22.7 Å². The topological polar surface area (TPSA) is 20.3 Å². The van der Waals surface area contributed by atoms with Crippen molar-refractivity contribution in [1.29, 1.82) is 0 Å². The van der Waals surface area contributed by atoms with E-state index in [0.717, 1.165) is 0 Å². The van der Waals surface area contributed by atoms with Crippen molar-refractivity contribution in [3.8, 4) is 0 Å². The van der Waals surface area contributed by atoms with E-state index in [4.69, 9.17) is 11.6 Å². The highest BCUT2D eigenvalue weighted by atomic mass is 35.5. The molecule has 0 aliphatic carbocycles. The summed E-state index contributed by atoms with van der Waals surface area (Å²) < 4.78 is 13.5. The second kappa shape index (κ2) is 4.89. The molecule has 0 saturated carbocycles. The minimum absolute atomic E-state index is 0.0122. The molecule has 0 saturated heterocycles. The molecule has 0 spiro atoms. The third-order valence-electron chi connectivity index (χ3n) is 2.22. The van der Waals surface area contributed by atoms with E-state index >= 15 is 0 Å². The lowest BCUT2D eigenvalue weighted by Crippen LogP contribution is -2.29. The zero-order valence-corrected chi connectivity index (χ0v) is 9.89. The van der Waals surface area contributed by atoms with Crippen LogP contribution < -0.4 is 0 Å². The predicted octanol–water partition coefficient (Wildman–Crippen LogP) is 3.03. The number of benzene rings is 1. The van der Waals surface area contributed by atoms with E-state index < -0.39 is 0 Å². The van der Waals surface area contributed by atoms with E-state index in [1.807, 2.05) is 5.41 Å². The number of carbonyl (C=O) groups is 1. The van der Waals surface area contributed by atoms with Crippen molar-refractivity contribution < 1.29 is 9.18 Å². The Morgan fingerprint density at radius 2 is 2.31 bits per heavy atom. The standard InChI is InChI=1S/C11H9ClFNOS/c12-9-2-1-8(10(13)5-9)6-14-3-4-16-7-11(14)15/h1-5H,6-7H2. The number of amides is 1. The molecule has 2 rings (SSSR count). The molecule has 1 aromatic carbocycles. The molecule has 1 heterocycles. The van der Waals surface area contributed by atoms with E-state index in [2.05, 4.69) is 0 Å². The first kappa shape index (κ1) is 11.5. The van der Waals surface area contributed by atoms with Gasteiger partial charge in [-0.25, -0.2) is 4.39 Å². The van der Waals surface area contributed by atoms with Crippen LogP contribution in [0.15, 0.2) is 29.8 Å². The van der Waals surface area contributed by atoms with Crippen molar-refractivity contribution in [3.05, 3.63) is 46.2 Å². The van der Waals surface area contributed by atoms with Gasteiger partial charge in [0.05, 0.1) is 12.3 Å². The molecule has 0 fully saturated rings. The molecule has 0 unspecified atom stereocenters. The fraction of sp³-hybridized carbons (Fsp3) is 0.182. The molecular weight excluding hydrogens is 249 g/mol. The van der Waals surface area contributed by atoms with Crippen LogP contribution in [0.5, 0.6) is 0 Å². The average Bonchev–Trinajstić information content (AvgIpc) is 2.25. The van der Waals surface area contributed by atoms with Crippen molar-refractivity contribution in [2.24, 2.45) is 0 Å². The molecule has 1 aliphatic rings. The van der Waals surface area contributed by atoms with Crippen LogP contribution in [0.25, 0.3) is 0 Å². The molecule has 84 valence electrons. The van der Waals surface area contributed by atoms with Gasteiger partial charge in [0.2, 0.25) is 5.91 Å². The SMILES string of the molecule is O=C1CSC=CN1Cc1ccc(Cl)cc1F. The molecule has 0 N–H and O–H groups in total. The Morgan fingerprint density at radius 1 is 1.50 bits per heavy atom. The number of carbonyl (C=O) groups excluding carboxylic acids is 1. The molecule has 1 amide bonds.